The Morgan fingerprint density at radius 1 is 1.38 bits per heavy atom. The summed E-state index contributed by atoms with van der Waals surface area (Å²) in [5.41, 5.74) is 3.01. The molecule has 2 heterocycles. The first-order valence-electron chi connectivity index (χ1n) is 8.14. The molecule has 2 aromatic rings. The third kappa shape index (κ3) is 2.53. The Hall–Kier alpha value is -1.55. The van der Waals surface area contributed by atoms with Crippen molar-refractivity contribution < 1.29 is 4.42 Å². The molecule has 1 saturated carbocycles. The highest BCUT2D eigenvalue weighted by atomic mass is 16.3. The highest BCUT2D eigenvalue weighted by Gasteiger charge is 2.38. The van der Waals surface area contributed by atoms with Crippen LogP contribution in [0.5, 0.6) is 0 Å². The molecule has 1 N–H and O–H groups in total. The fraction of sp³-hybridized carbons (Fsp3) is 0.588. The van der Waals surface area contributed by atoms with Gasteiger partial charge in [-0.15, -0.1) is 0 Å². The average Bonchev–Trinajstić information content (AvgIpc) is 3.13. The van der Waals surface area contributed by atoms with Gasteiger partial charge in [-0.25, -0.2) is 4.98 Å². The van der Waals surface area contributed by atoms with Crippen LogP contribution < -0.4 is 5.32 Å². The van der Waals surface area contributed by atoms with Crippen LogP contribution in [0.25, 0.3) is 11.1 Å². The second-order valence-corrected chi connectivity index (χ2v) is 6.50. The summed E-state index contributed by atoms with van der Waals surface area (Å²) in [5.74, 6) is 0.816. The Labute approximate surface area is 125 Å². The molecule has 112 valence electrons. The standard InChI is InChI=1S/C17H23N3O/c1-3-17-19-15-9-12(4-7-16(15)21-17)18-13-8-11(2)20(10-13)14-5-6-14/h4,7,9,11,13-14,18H,3,5-6,8,10H2,1-2H3. The number of hydrogen-bond donors (Lipinski definition) is 1. The second-order valence-electron chi connectivity index (χ2n) is 6.50. The maximum Gasteiger partial charge on any atom is 0.195 e. The molecule has 4 nitrogen and oxygen atoms in total. The zero-order chi connectivity index (χ0) is 14.4. The molecule has 0 radical (unpaired) electrons. The number of rotatable bonds is 4. The predicted molar refractivity (Wildman–Crippen MR) is 84.6 cm³/mol. The summed E-state index contributed by atoms with van der Waals surface area (Å²) in [6, 6.07) is 8.37. The molecular weight excluding hydrogens is 262 g/mol. The van der Waals surface area contributed by atoms with Gasteiger partial charge in [0.15, 0.2) is 11.5 Å². The van der Waals surface area contributed by atoms with Gasteiger partial charge in [-0.1, -0.05) is 6.92 Å². The molecule has 0 spiro atoms. The summed E-state index contributed by atoms with van der Waals surface area (Å²) in [6.45, 7) is 5.59. The molecule has 2 atom stereocenters. The Morgan fingerprint density at radius 2 is 2.24 bits per heavy atom. The Morgan fingerprint density at radius 3 is 3.00 bits per heavy atom. The maximum atomic E-state index is 5.67. The number of oxazole rings is 1. The van der Waals surface area contributed by atoms with Crippen molar-refractivity contribution in [1.29, 1.82) is 0 Å². The molecule has 4 heteroatoms. The smallest absolute Gasteiger partial charge is 0.195 e. The quantitative estimate of drug-likeness (QED) is 0.934. The van der Waals surface area contributed by atoms with Crippen LogP contribution in [0.4, 0.5) is 5.69 Å². The molecule has 2 unspecified atom stereocenters. The van der Waals surface area contributed by atoms with Crippen LogP contribution in [-0.4, -0.2) is 34.6 Å². The molecule has 4 rings (SSSR count). The van der Waals surface area contributed by atoms with Gasteiger partial charge >= 0.3 is 0 Å². The van der Waals surface area contributed by atoms with E-state index in [4.69, 9.17) is 4.42 Å². The number of hydrogen-bond acceptors (Lipinski definition) is 4. The molecule has 0 amide bonds. The van der Waals surface area contributed by atoms with Gasteiger partial charge in [0, 0.05) is 36.8 Å². The number of likely N-dealkylation sites (tertiary alicyclic amines) is 1. The molecular formula is C17H23N3O. The first-order valence-corrected chi connectivity index (χ1v) is 8.14. The van der Waals surface area contributed by atoms with Crippen molar-refractivity contribution >= 4 is 16.8 Å². The van der Waals surface area contributed by atoms with Gasteiger partial charge in [0.1, 0.15) is 5.52 Å². The summed E-state index contributed by atoms with van der Waals surface area (Å²) in [7, 11) is 0. The van der Waals surface area contributed by atoms with Gasteiger partial charge in [-0.2, -0.15) is 0 Å². The summed E-state index contributed by atoms with van der Waals surface area (Å²) in [4.78, 5) is 7.19. The van der Waals surface area contributed by atoms with Crippen LogP contribution in [0, 0.1) is 0 Å². The molecule has 2 aliphatic rings. The molecule has 0 bridgehead atoms. The Kier molecular flexibility index (Phi) is 3.14. The summed E-state index contributed by atoms with van der Waals surface area (Å²) in [6.07, 6.45) is 4.85. The zero-order valence-electron chi connectivity index (χ0n) is 12.8. The average molecular weight is 285 g/mol. The van der Waals surface area contributed by atoms with Crippen molar-refractivity contribution in [3.05, 3.63) is 24.1 Å². The van der Waals surface area contributed by atoms with Gasteiger partial charge in [-0.05, 0) is 44.4 Å². The van der Waals surface area contributed by atoms with Gasteiger partial charge in [0.05, 0.1) is 0 Å². The number of fused-ring (bicyclic) bond motifs is 1. The second kappa shape index (κ2) is 5.02. The van der Waals surface area contributed by atoms with Gasteiger partial charge in [-0.3, -0.25) is 4.90 Å². The SMILES string of the molecule is CCc1nc2cc(NC3CC(C)N(C4CC4)C3)ccc2o1. The number of aromatic nitrogens is 1. The van der Waals surface area contributed by atoms with Crippen LogP contribution in [0.1, 0.15) is 39.0 Å². The minimum Gasteiger partial charge on any atom is -0.441 e. The van der Waals surface area contributed by atoms with E-state index in [1.807, 2.05) is 6.07 Å². The molecule has 1 aliphatic heterocycles. The van der Waals surface area contributed by atoms with E-state index in [2.05, 4.69) is 41.2 Å². The van der Waals surface area contributed by atoms with Crippen LogP contribution >= 0.6 is 0 Å². The highest BCUT2D eigenvalue weighted by molar-refractivity contribution is 5.77. The fourth-order valence-electron chi connectivity index (χ4n) is 3.53. The van der Waals surface area contributed by atoms with Crippen LogP contribution in [0.3, 0.4) is 0 Å². The topological polar surface area (TPSA) is 41.3 Å². The van der Waals surface area contributed by atoms with E-state index in [1.54, 1.807) is 0 Å². The van der Waals surface area contributed by atoms with Crippen LogP contribution in [-0.2, 0) is 6.42 Å². The summed E-state index contributed by atoms with van der Waals surface area (Å²) in [5, 5.41) is 3.68. The van der Waals surface area contributed by atoms with Crippen molar-refractivity contribution in [3.63, 3.8) is 0 Å². The van der Waals surface area contributed by atoms with E-state index in [1.165, 1.54) is 25.8 Å². The van der Waals surface area contributed by atoms with E-state index >= 15 is 0 Å². The van der Waals surface area contributed by atoms with Crippen LogP contribution in [0.15, 0.2) is 22.6 Å². The molecule has 1 aliphatic carbocycles. The first kappa shape index (κ1) is 13.1. The van der Waals surface area contributed by atoms with Crippen molar-refractivity contribution in [2.75, 3.05) is 11.9 Å². The Balaban J connectivity index is 1.49. The number of nitrogens with zero attached hydrogens (tertiary/aromatic N) is 2. The number of benzene rings is 1. The molecule has 21 heavy (non-hydrogen) atoms. The van der Waals surface area contributed by atoms with Crippen molar-refractivity contribution in [1.82, 2.24) is 9.88 Å². The normalized spacial score (nSPS) is 26.6. The fourth-order valence-corrected chi connectivity index (χ4v) is 3.53. The maximum absolute atomic E-state index is 5.67. The highest BCUT2D eigenvalue weighted by Crippen LogP contribution is 2.34. The monoisotopic (exact) mass is 285 g/mol. The van der Waals surface area contributed by atoms with Crippen LogP contribution in [0.2, 0.25) is 0 Å². The lowest BCUT2D eigenvalue weighted by Gasteiger charge is -2.19. The van der Waals surface area contributed by atoms with E-state index in [0.29, 0.717) is 12.1 Å². The largest absolute Gasteiger partial charge is 0.441 e. The molecule has 1 aromatic heterocycles. The Bertz CT molecular complexity index is 647. The molecule has 2 fully saturated rings. The van der Waals surface area contributed by atoms with Crippen molar-refractivity contribution in [3.8, 4) is 0 Å². The number of nitrogens with one attached hydrogen (secondary N) is 1. The van der Waals surface area contributed by atoms with E-state index in [0.717, 1.165) is 35.1 Å². The molecule has 1 aromatic carbocycles. The summed E-state index contributed by atoms with van der Waals surface area (Å²) >= 11 is 0. The van der Waals surface area contributed by atoms with Crippen molar-refractivity contribution in [2.45, 2.75) is 57.7 Å². The van der Waals surface area contributed by atoms with Gasteiger partial charge < -0.3 is 9.73 Å². The minimum atomic E-state index is 0.551. The summed E-state index contributed by atoms with van der Waals surface area (Å²) < 4.78 is 5.67. The van der Waals surface area contributed by atoms with Crippen molar-refractivity contribution in [2.24, 2.45) is 0 Å². The third-order valence-electron chi connectivity index (χ3n) is 4.74. The lowest BCUT2D eigenvalue weighted by atomic mass is 10.2. The number of aryl methyl sites for hydroxylation is 1. The number of anilines is 1. The van der Waals surface area contributed by atoms with E-state index in [9.17, 15) is 0 Å². The first-order chi connectivity index (χ1) is 10.2. The third-order valence-corrected chi connectivity index (χ3v) is 4.74. The van der Waals surface area contributed by atoms with E-state index < -0.39 is 0 Å². The molecule has 1 saturated heterocycles. The predicted octanol–water partition coefficient (Wildman–Crippen LogP) is 3.43. The zero-order valence-corrected chi connectivity index (χ0v) is 12.8. The van der Waals surface area contributed by atoms with Gasteiger partial charge in [0.2, 0.25) is 0 Å². The lowest BCUT2D eigenvalue weighted by Crippen LogP contribution is -2.30. The minimum absolute atomic E-state index is 0.551. The van der Waals surface area contributed by atoms with E-state index in [-0.39, 0.29) is 0 Å². The van der Waals surface area contributed by atoms with Gasteiger partial charge in [0.25, 0.3) is 0 Å². The lowest BCUT2D eigenvalue weighted by molar-refractivity contribution is 0.257.